The minimum absolute atomic E-state index is 0.0988. The van der Waals surface area contributed by atoms with Gasteiger partial charge in [0, 0.05) is 13.1 Å². The third-order valence-corrected chi connectivity index (χ3v) is 4.40. The van der Waals surface area contributed by atoms with E-state index in [1.165, 1.54) is 6.07 Å². The molecule has 1 saturated carbocycles. The Morgan fingerprint density at radius 3 is 2.45 bits per heavy atom. The quantitative estimate of drug-likeness (QED) is 0.854. The van der Waals surface area contributed by atoms with Crippen molar-refractivity contribution in [3.8, 4) is 0 Å². The van der Waals surface area contributed by atoms with Crippen LogP contribution in [-0.2, 0) is 6.18 Å². The van der Waals surface area contributed by atoms with Crippen LogP contribution in [0.4, 0.5) is 19.0 Å². The molecule has 2 heterocycles. The number of fused-ring (bicyclic) bond motifs is 1. The fourth-order valence-corrected chi connectivity index (χ4v) is 2.96. The lowest BCUT2D eigenvalue weighted by atomic mass is 9.87. The molecular weight excluding hydrogens is 295 g/mol. The van der Waals surface area contributed by atoms with Crippen molar-refractivity contribution in [2.45, 2.75) is 44.8 Å². The average molecular weight is 313 g/mol. The van der Waals surface area contributed by atoms with Crippen molar-refractivity contribution >= 4 is 11.5 Å². The Kier molecular flexibility index (Phi) is 3.70. The van der Waals surface area contributed by atoms with Gasteiger partial charge in [-0.05, 0) is 43.7 Å². The fourth-order valence-electron chi connectivity index (χ4n) is 2.96. The summed E-state index contributed by atoms with van der Waals surface area (Å²) >= 11 is 0. The summed E-state index contributed by atoms with van der Waals surface area (Å²) in [5, 5.41) is 10.8. The van der Waals surface area contributed by atoms with Crippen LogP contribution < -0.4 is 4.90 Å². The molecule has 0 atom stereocenters. The predicted octanol–water partition coefficient (Wildman–Crippen LogP) is 3.16. The molecule has 1 aliphatic rings. The molecule has 5 nitrogen and oxygen atoms in total. The summed E-state index contributed by atoms with van der Waals surface area (Å²) in [5.41, 5.74) is 0.0988. The molecule has 2 aromatic rings. The maximum atomic E-state index is 12.9. The second-order valence-electron chi connectivity index (χ2n) is 6.01. The second kappa shape index (κ2) is 5.40. The van der Waals surface area contributed by atoms with Crippen LogP contribution >= 0.6 is 0 Å². The first-order chi connectivity index (χ1) is 10.4. The molecule has 0 radical (unpaired) electrons. The topological polar surface area (TPSA) is 46.3 Å². The van der Waals surface area contributed by atoms with Gasteiger partial charge in [-0.1, -0.05) is 6.92 Å². The summed E-state index contributed by atoms with van der Waals surface area (Å²) in [6, 6.07) is 3.53. The maximum Gasteiger partial charge on any atom is 0.453 e. The number of nitrogens with zero attached hydrogens (tertiary/aromatic N) is 5. The molecule has 0 amide bonds. The van der Waals surface area contributed by atoms with Gasteiger partial charge >= 0.3 is 6.18 Å². The van der Waals surface area contributed by atoms with Crippen molar-refractivity contribution in [1.82, 2.24) is 19.8 Å². The van der Waals surface area contributed by atoms with E-state index in [1.54, 1.807) is 6.07 Å². The van der Waals surface area contributed by atoms with Crippen LogP contribution in [-0.4, -0.2) is 32.9 Å². The van der Waals surface area contributed by atoms with Gasteiger partial charge in [-0.2, -0.15) is 17.7 Å². The Labute approximate surface area is 126 Å². The summed E-state index contributed by atoms with van der Waals surface area (Å²) < 4.78 is 39.5. The molecule has 3 rings (SSSR count). The molecular formula is C14H18F3N5. The van der Waals surface area contributed by atoms with E-state index in [4.69, 9.17) is 0 Å². The van der Waals surface area contributed by atoms with Gasteiger partial charge in [0.2, 0.25) is 0 Å². The van der Waals surface area contributed by atoms with Crippen LogP contribution in [0.1, 0.15) is 38.4 Å². The molecule has 0 aliphatic heterocycles. The zero-order valence-corrected chi connectivity index (χ0v) is 12.5. The van der Waals surface area contributed by atoms with E-state index in [9.17, 15) is 13.2 Å². The van der Waals surface area contributed by atoms with E-state index in [-0.39, 0.29) is 5.65 Å². The standard InChI is InChI=1S/C14H18F3N5/c1-9-3-5-10(6-4-9)21(2)12-8-7-11-18-19-13(14(15,16)17)22(11)20-12/h7-10H,3-6H2,1-2H3. The van der Waals surface area contributed by atoms with E-state index < -0.39 is 12.0 Å². The van der Waals surface area contributed by atoms with Crippen LogP contribution in [0.2, 0.25) is 0 Å². The zero-order valence-electron chi connectivity index (χ0n) is 12.5. The molecule has 22 heavy (non-hydrogen) atoms. The lowest BCUT2D eigenvalue weighted by molar-refractivity contribution is -0.146. The number of hydrogen-bond acceptors (Lipinski definition) is 4. The van der Waals surface area contributed by atoms with E-state index in [0.717, 1.165) is 36.1 Å². The molecule has 0 spiro atoms. The Morgan fingerprint density at radius 1 is 1.14 bits per heavy atom. The van der Waals surface area contributed by atoms with Crippen molar-refractivity contribution in [3.05, 3.63) is 18.0 Å². The summed E-state index contributed by atoms with van der Waals surface area (Å²) in [6.45, 7) is 2.23. The van der Waals surface area contributed by atoms with Crippen molar-refractivity contribution in [3.63, 3.8) is 0 Å². The number of alkyl halides is 3. The van der Waals surface area contributed by atoms with Crippen LogP contribution in [0.5, 0.6) is 0 Å². The largest absolute Gasteiger partial charge is 0.453 e. The molecule has 0 N–H and O–H groups in total. The first-order valence-electron chi connectivity index (χ1n) is 7.39. The Balaban J connectivity index is 1.91. The lowest BCUT2D eigenvalue weighted by Gasteiger charge is -2.34. The summed E-state index contributed by atoms with van der Waals surface area (Å²) in [5.74, 6) is 0.141. The van der Waals surface area contributed by atoms with Crippen molar-refractivity contribution < 1.29 is 13.2 Å². The maximum absolute atomic E-state index is 12.9. The zero-order chi connectivity index (χ0) is 15.9. The van der Waals surface area contributed by atoms with E-state index in [1.807, 2.05) is 11.9 Å². The minimum Gasteiger partial charge on any atom is -0.355 e. The lowest BCUT2D eigenvalue weighted by Crippen LogP contribution is -2.35. The second-order valence-corrected chi connectivity index (χ2v) is 6.01. The summed E-state index contributed by atoms with van der Waals surface area (Å²) in [6.07, 6.45) is -0.226. The number of halogens is 3. The monoisotopic (exact) mass is 313 g/mol. The number of aromatic nitrogens is 4. The van der Waals surface area contributed by atoms with E-state index in [0.29, 0.717) is 11.9 Å². The summed E-state index contributed by atoms with van der Waals surface area (Å²) in [7, 11) is 1.88. The van der Waals surface area contributed by atoms with Gasteiger partial charge in [-0.25, -0.2) is 0 Å². The van der Waals surface area contributed by atoms with Crippen LogP contribution in [0.25, 0.3) is 5.65 Å². The van der Waals surface area contributed by atoms with Gasteiger partial charge in [0.05, 0.1) is 0 Å². The van der Waals surface area contributed by atoms with Crippen LogP contribution in [0, 0.1) is 5.92 Å². The fraction of sp³-hybridized carbons (Fsp3) is 0.643. The molecule has 120 valence electrons. The number of rotatable bonds is 2. The SMILES string of the molecule is CC1CCC(N(C)c2ccc3nnc(C(F)(F)F)n3n2)CC1. The predicted molar refractivity (Wildman–Crippen MR) is 75.6 cm³/mol. The first-order valence-corrected chi connectivity index (χ1v) is 7.39. The molecule has 1 fully saturated rings. The third-order valence-electron chi connectivity index (χ3n) is 4.40. The average Bonchev–Trinajstić information content (AvgIpc) is 2.90. The Bertz CT molecular complexity index is 658. The van der Waals surface area contributed by atoms with Crippen LogP contribution in [0.15, 0.2) is 12.1 Å². The molecule has 2 aromatic heterocycles. The van der Waals surface area contributed by atoms with Crippen molar-refractivity contribution in [1.29, 1.82) is 0 Å². The van der Waals surface area contributed by atoms with Crippen molar-refractivity contribution in [2.24, 2.45) is 5.92 Å². The highest BCUT2D eigenvalue weighted by Crippen LogP contribution is 2.30. The number of hydrogen-bond donors (Lipinski definition) is 0. The van der Waals surface area contributed by atoms with Crippen LogP contribution in [0.3, 0.4) is 0 Å². The molecule has 0 bridgehead atoms. The third kappa shape index (κ3) is 2.74. The molecule has 8 heteroatoms. The Hall–Kier alpha value is -1.86. The smallest absolute Gasteiger partial charge is 0.355 e. The van der Waals surface area contributed by atoms with Gasteiger partial charge in [0.25, 0.3) is 5.82 Å². The summed E-state index contributed by atoms with van der Waals surface area (Å²) in [4.78, 5) is 1.96. The van der Waals surface area contributed by atoms with E-state index in [2.05, 4.69) is 22.2 Å². The highest BCUT2D eigenvalue weighted by molar-refractivity contribution is 5.46. The van der Waals surface area contributed by atoms with Gasteiger partial charge < -0.3 is 4.90 Å². The van der Waals surface area contributed by atoms with Gasteiger partial charge in [-0.3, -0.25) is 0 Å². The van der Waals surface area contributed by atoms with Gasteiger partial charge in [-0.15, -0.1) is 15.3 Å². The van der Waals surface area contributed by atoms with Gasteiger partial charge in [0.1, 0.15) is 5.82 Å². The van der Waals surface area contributed by atoms with Crippen molar-refractivity contribution in [2.75, 3.05) is 11.9 Å². The minimum atomic E-state index is -4.57. The molecule has 0 aromatic carbocycles. The highest BCUT2D eigenvalue weighted by atomic mass is 19.4. The molecule has 0 saturated heterocycles. The Morgan fingerprint density at radius 2 is 1.82 bits per heavy atom. The number of anilines is 1. The first kappa shape index (κ1) is 15.1. The van der Waals surface area contributed by atoms with E-state index >= 15 is 0 Å². The molecule has 0 unspecified atom stereocenters. The molecule has 1 aliphatic carbocycles. The highest BCUT2D eigenvalue weighted by Gasteiger charge is 2.37. The normalized spacial score (nSPS) is 23.0. The van der Waals surface area contributed by atoms with Gasteiger partial charge in [0.15, 0.2) is 5.65 Å².